The van der Waals surface area contributed by atoms with Crippen LogP contribution in [0.1, 0.15) is 31.3 Å². The maximum atomic E-state index is 10.3. The van der Waals surface area contributed by atoms with Crippen molar-refractivity contribution in [2.75, 3.05) is 19.6 Å². The molecule has 3 atom stereocenters. The normalized spacial score (nSPS) is 14.5. The molecule has 0 fully saturated rings. The summed E-state index contributed by atoms with van der Waals surface area (Å²) in [5.74, 6) is -1.43. The lowest BCUT2D eigenvalue weighted by Gasteiger charge is -2.25. The summed E-state index contributed by atoms with van der Waals surface area (Å²) < 4.78 is 0. The van der Waals surface area contributed by atoms with Crippen molar-refractivity contribution in [3.05, 3.63) is 28.0 Å². The van der Waals surface area contributed by atoms with E-state index in [-0.39, 0.29) is 15.9 Å². The number of rotatable bonds is 7. The monoisotopic (exact) mass is 381 g/mol. The minimum absolute atomic E-state index is 0.0226. The van der Waals surface area contributed by atoms with Gasteiger partial charge in [-0.2, -0.15) is 0 Å². The number of aromatic nitrogens is 1. The predicted octanol–water partition coefficient (Wildman–Crippen LogP) is 0.183. The van der Waals surface area contributed by atoms with Crippen LogP contribution in [0.15, 0.2) is 12.1 Å². The van der Waals surface area contributed by atoms with Gasteiger partial charge in [0.05, 0.1) is 29.3 Å². The molecule has 1 rings (SSSR count). The van der Waals surface area contributed by atoms with Crippen molar-refractivity contribution in [3.63, 3.8) is 0 Å². The van der Waals surface area contributed by atoms with Crippen molar-refractivity contribution in [2.24, 2.45) is 0 Å². The molecule has 0 saturated heterocycles. The Morgan fingerprint density at radius 2 is 1.50 bits per heavy atom. The highest BCUT2D eigenvalue weighted by atomic mass is 35.5. The number of hydrogen-bond donors (Lipinski definition) is 3. The lowest BCUT2D eigenvalue weighted by Crippen LogP contribution is -2.40. The fraction of sp³-hybridized carbons (Fsp3) is 0.600. The van der Waals surface area contributed by atoms with Crippen molar-refractivity contribution in [1.29, 1.82) is 0 Å². The van der Waals surface area contributed by atoms with Gasteiger partial charge >= 0.3 is 0 Å². The van der Waals surface area contributed by atoms with Gasteiger partial charge in [-0.1, -0.05) is 23.2 Å². The van der Waals surface area contributed by atoms with E-state index < -0.39 is 24.3 Å². The topological polar surface area (TPSA) is 117 Å². The number of carboxylic acid groups (broad SMARTS) is 1. The molecule has 0 aliphatic rings. The molecule has 138 valence electrons. The fourth-order valence-electron chi connectivity index (χ4n) is 1.91. The second kappa shape index (κ2) is 11.6. The van der Waals surface area contributed by atoms with Crippen molar-refractivity contribution >= 4 is 29.2 Å². The van der Waals surface area contributed by atoms with Crippen LogP contribution in [0.3, 0.4) is 0 Å². The van der Waals surface area contributed by atoms with Crippen LogP contribution in [0.5, 0.6) is 0 Å². The minimum Gasteiger partial charge on any atom is -0.543 e. The van der Waals surface area contributed by atoms with E-state index in [4.69, 9.17) is 38.5 Å². The Bertz CT molecular complexity index is 489. The first-order chi connectivity index (χ1) is 11.0. The average molecular weight is 382 g/mol. The lowest BCUT2D eigenvalue weighted by atomic mass is 10.2. The molecule has 0 amide bonds. The van der Waals surface area contributed by atoms with Gasteiger partial charge in [-0.25, -0.2) is 4.98 Å². The molecule has 1 aromatic heterocycles. The first kappa shape index (κ1) is 23.0. The molecule has 1 aromatic rings. The highest BCUT2D eigenvalue weighted by molar-refractivity contribution is 6.34. The summed E-state index contributed by atoms with van der Waals surface area (Å²) in [7, 11) is 0. The van der Waals surface area contributed by atoms with Crippen LogP contribution >= 0.6 is 23.2 Å². The zero-order valence-electron chi connectivity index (χ0n) is 13.8. The quantitative estimate of drug-likeness (QED) is 0.576. The van der Waals surface area contributed by atoms with Crippen molar-refractivity contribution in [1.82, 2.24) is 9.88 Å². The van der Waals surface area contributed by atoms with Gasteiger partial charge in [0.25, 0.3) is 0 Å². The van der Waals surface area contributed by atoms with Crippen molar-refractivity contribution in [2.45, 2.75) is 39.1 Å². The molecule has 3 N–H and O–H groups in total. The Kier molecular flexibility index (Phi) is 11.1. The Labute approximate surface area is 151 Å². The second-order valence-corrected chi connectivity index (χ2v) is 6.31. The molecule has 7 nitrogen and oxygen atoms in total. The third-order valence-corrected chi connectivity index (χ3v) is 3.09. The third-order valence-electron chi connectivity index (χ3n) is 2.57. The van der Waals surface area contributed by atoms with Gasteiger partial charge in [-0.3, -0.25) is 4.90 Å². The van der Waals surface area contributed by atoms with E-state index in [0.717, 1.165) is 0 Å². The van der Waals surface area contributed by atoms with Gasteiger partial charge in [0, 0.05) is 19.6 Å². The Morgan fingerprint density at radius 3 is 1.79 bits per heavy atom. The fourth-order valence-corrected chi connectivity index (χ4v) is 2.24. The molecule has 9 heteroatoms. The van der Waals surface area contributed by atoms with Gasteiger partial charge in [0.1, 0.15) is 10.8 Å². The summed E-state index contributed by atoms with van der Waals surface area (Å²) in [5, 5.41) is 37.8. The molecule has 0 aromatic carbocycles. The summed E-state index contributed by atoms with van der Waals surface area (Å²) in [4.78, 5) is 15.5. The number of carbonyl (C=O) groups excluding carboxylic acids is 1. The van der Waals surface area contributed by atoms with Crippen LogP contribution in [0, 0.1) is 0 Å². The molecular formula is C15H23Cl2N2O5-. The predicted molar refractivity (Wildman–Crippen MR) is 90.1 cm³/mol. The smallest absolute Gasteiger partial charge is 0.129 e. The van der Waals surface area contributed by atoms with E-state index in [0.29, 0.717) is 19.6 Å². The molecule has 0 radical (unpaired) electrons. The standard InChI is InChI=1S/C9H21NO3.C6H3Cl2NO2/c1-7(11)4-10(5-8(2)12)6-9(3)13;7-3-1-2-4(8)9-5(3)6(10)11/h7-9,11-13H,4-6H2,1-3H3;1-2H,(H,10,11)/p-1. The van der Waals surface area contributed by atoms with Crippen LogP contribution in [0.2, 0.25) is 10.2 Å². The highest BCUT2D eigenvalue weighted by Gasteiger charge is 2.12. The summed E-state index contributed by atoms with van der Waals surface area (Å²) >= 11 is 10.8. The third kappa shape index (κ3) is 10.7. The van der Waals surface area contributed by atoms with E-state index >= 15 is 0 Å². The minimum atomic E-state index is -1.43. The first-order valence-corrected chi connectivity index (χ1v) is 8.08. The summed E-state index contributed by atoms with van der Waals surface area (Å²) in [5.41, 5.74) is -0.334. The van der Waals surface area contributed by atoms with Gasteiger partial charge in [-0.15, -0.1) is 0 Å². The first-order valence-electron chi connectivity index (χ1n) is 7.32. The van der Waals surface area contributed by atoms with Crippen LogP contribution in [0.25, 0.3) is 0 Å². The maximum Gasteiger partial charge on any atom is 0.129 e. The Hall–Kier alpha value is -0.960. The molecule has 0 saturated carbocycles. The van der Waals surface area contributed by atoms with E-state index in [1.165, 1.54) is 12.1 Å². The van der Waals surface area contributed by atoms with Crippen LogP contribution in [0.4, 0.5) is 0 Å². The van der Waals surface area contributed by atoms with E-state index in [2.05, 4.69) is 4.98 Å². The molecular weight excluding hydrogens is 359 g/mol. The summed E-state index contributed by atoms with van der Waals surface area (Å²) in [6.45, 7) is 6.52. The average Bonchev–Trinajstić information content (AvgIpc) is 2.39. The molecule has 0 aliphatic carbocycles. The molecule has 0 bridgehead atoms. The largest absolute Gasteiger partial charge is 0.543 e. The van der Waals surface area contributed by atoms with Gasteiger partial charge in [0.2, 0.25) is 0 Å². The van der Waals surface area contributed by atoms with E-state index in [9.17, 15) is 9.90 Å². The SMILES string of the molecule is CC(O)CN(CC(C)O)CC(C)O.O=C([O-])c1nc(Cl)ccc1Cl. The van der Waals surface area contributed by atoms with Crippen LogP contribution in [-0.2, 0) is 0 Å². The van der Waals surface area contributed by atoms with Crippen molar-refractivity contribution < 1.29 is 25.2 Å². The number of nitrogens with zero attached hydrogens (tertiary/aromatic N) is 2. The number of aliphatic hydroxyl groups is 3. The van der Waals surface area contributed by atoms with Crippen molar-refractivity contribution in [3.8, 4) is 0 Å². The number of halogens is 2. The zero-order valence-corrected chi connectivity index (χ0v) is 15.3. The molecule has 0 aliphatic heterocycles. The summed E-state index contributed by atoms with van der Waals surface area (Å²) in [6, 6.07) is 2.75. The molecule has 0 spiro atoms. The molecule has 1 heterocycles. The number of aromatic carboxylic acids is 1. The van der Waals surface area contributed by atoms with Crippen LogP contribution < -0.4 is 5.11 Å². The summed E-state index contributed by atoms with van der Waals surface area (Å²) in [6.07, 6.45) is -1.30. The van der Waals surface area contributed by atoms with E-state index in [1.54, 1.807) is 20.8 Å². The highest BCUT2D eigenvalue weighted by Crippen LogP contribution is 2.15. The molecule has 3 unspecified atom stereocenters. The Morgan fingerprint density at radius 1 is 1.08 bits per heavy atom. The Balaban J connectivity index is 0.000000446. The van der Waals surface area contributed by atoms with Gasteiger partial charge in [0.15, 0.2) is 0 Å². The van der Waals surface area contributed by atoms with E-state index in [1.807, 2.05) is 4.90 Å². The second-order valence-electron chi connectivity index (χ2n) is 5.52. The number of pyridine rings is 1. The number of hydrogen-bond acceptors (Lipinski definition) is 7. The number of carboxylic acids is 1. The number of aliphatic hydroxyl groups excluding tert-OH is 3. The maximum absolute atomic E-state index is 10.3. The lowest BCUT2D eigenvalue weighted by molar-refractivity contribution is -0.255. The number of carbonyl (C=O) groups is 1. The zero-order chi connectivity index (χ0) is 18.9. The van der Waals surface area contributed by atoms with Gasteiger partial charge in [-0.05, 0) is 32.9 Å². The molecule has 24 heavy (non-hydrogen) atoms. The van der Waals surface area contributed by atoms with Gasteiger partial charge < -0.3 is 25.2 Å². The van der Waals surface area contributed by atoms with Crippen LogP contribution in [-0.4, -0.2) is 69.1 Å².